The van der Waals surface area contributed by atoms with Gasteiger partial charge in [-0.25, -0.2) is 0 Å². The zero-order chi connectivity index (χ0) is 13.9. The molecule has 0 aromatic carbocycles. The fourth-order valence-electron chi connectivity index (χ4n) is 3.60. The molecule has 2 aliphatic carbocycles. The number of amides is 1. The summed E-state index contributed by atoms with van der Waals surface area (Å²) in [5, 5.41) is 3.74. The second-order valence-corrected chi connectivity index (χ2v) is 6.16. The van der Waals surface area contributed by atoms with Crippen LogP contribution in [0.5, 0.6) is 0 Å². The number of hydrogen-bond donors (Lipinski definition) is 2. The van der Waals surface area contributed by atoms with E-state index in [-0.39, 0.29) is 11.8 Å². The molecule has 3 rings (SSSR count). The van der Waals surface area contributed by atoms with Gasteiger partial charge in [0.05, 0.1) is 0 Å². The maximum atomic E-state index is 11.2. The predicted molar refractivity (Wildman–Crippen MR) is 78.1 cm³/mol. The van der Waals surface area contributed by atoms with Crippen molar-refractivity contribution in [3.05, 3.63) is 29.6 Å². The van der Waals surface area contributed by atoms with Gasteiger partial charge < -0.3 is 11.1 Å². The largest absolute Gasteiger partial charge is 0.369 e. The van der Waals surface area contributed by atoms with Crippen LogP contribution in [0.1, 0.15) is 43.4 Å². The Morgan fingerprint density at radius 2 is 2.05 bits per heavy atom. The molecule has 0 radical (unpaired) electrons. The summed E-state index contributed by atoms with van der Waals surface area (Å²) >= 11 is 0. The number of nitrogens with one attached hydrogen (secondary N) is 1. The number of hydrogen-bond acceptors (Lipinski definition) is 3. The number of pyridine rings is 1. The topological polar surface area (TPSA) is 68.0 Å². The van der Waals surface area contributed by atoms with E-state index in [0.29, 0.717) is 12.1 Å². The van der Waals surface area contributed by atoms with Crippen molar-refractivity contribution in [2.45, 2.75) is 57.0 Å². The minimum atomic E-state index is -0.133. The van der Waals surface area contributed by atoms with E-state index in [2.05, 4.69) is 16.4 Å². The van der Waals surface area contributed by atoms with Crippen molar-refractivity contribution in [3.63, 3.8) is 0 Å². The zero-order valence-electron chi connectivity index (χ0n) is 11.8. The summed E-state index contributed by atoms with van der Waals surface area (Å²) in [7, 11) is 0. The lowest BCUT2D eigenvalue weighted by Gasteiger charge is -2.21. The SMILES string of the molecule is NC(=O)[C@@H]1CC[C@H](NC2CCc3cccnc3CC2)C1. The Bertz CT molecular complexity index is 461. The van der Waals surface area contributed by atoms with Crippen molar-refractivity contribution in [3.8, 4) is 0 Å². The summed E-state index contributed by atoms with van der Waals surface area (Å²) in [5.74, 6) is -0.0519. The Morgan fingerprint density at radius 3 is 2.85 bits per heavy atom. The Kier molecular flexibility index (Phi) is 4.01. The smallest absolute Gasteiger partial charge is 0.220 e. The van der Waals surface area contributed by atoms with E-state index in [1.165, 1.54) is 11.3 Å². The van der Waals surface area contributed by atoms with Crippen LogP contribution in [0, 0.1) is 5.92 Å². The van der Waals surface area contributed by atoms with Crippen molar-refractivity contribution in [2.75, 3.05) is 0 Å². The second-order valence-electron chi connectivity index (χ2n) is 6.16. The van der Waals surface area contributed by atoms with Gasteiger partial charge in [0.1, 0.15) is 0 Å². The fraction of sp³-hybridized carbons (Fsp3) is 0.625. The number of rotatable bonds is 3. The summed E-state index contributed by atoms with van der Waals surface area (Å²) in [6.07, 6.45) is 9.29. The van der Waals surface area contributed by atoms with Gasteiger partial charge >= 0.3 is 0 Å². The summed E-state index contributed by atoms with van der Waals surface area (Å²) in [6, 6.07) is 5.23. The molecule has 0 spiro atoms. The summed E-state index contributed by atoms with van der Waals surface area (Å²) in [5.41, 5.74) is 8.06. The fourth-order valence-corrected chi connectivity index (χ4v) is 3.60. The summed E-state index contributed by atoms with van der Waals surface area (Å²) in [4.78, 5) is 15.7. The molecule has 108 valence electrons. The first-order chi connectivity index (χ1) is 9.72. The van der Waals surface area contributed by atoms with Crippen LogP contribution in [0.2, 0.25) is 0 Å². The molecule has 1 aromatic rings. The van der Waals surface area contributed by atoms with E-state index in [0.717, 1.165) is 44.9 Å². The monoisotopic (exact) mass is 273 g/mol. The Hall–Kier alpha value is -1.42. The number of aromatic nitrogens is 1. The van der Waals surface area contributed by atoms with Crippen LogP contribution in [-0.2, 0) is 17.6 Å². The molecule has 1 heterocycles. The molecule has 4 heteroatoms. The van der Waals surface area contributed by atoms with Crippen molar-refractivity contribution in [1.82, 2.24) is 10.3 Å². The lowest BCUT2D eigenvalue weighted by molar-refractivity contribution is -0.121. The van der Waals surface area contributed by atoms with Crippen LogP contribution in [0.4, 0.5) is 0 Å². The van der Waals surface area contributed by atoms with Gasteiger partial charge in [0.15, 0.2) is 0 Å². The molecule has 1 unspecified atom stereocenters. The van der Waals surface area contributed by atoms with Gasteiger partial charge in [-0.15, -0.1) is 0 Å². The van der Waals surface area contributed by atoms with Gasteiger partial charge in [-0.3, -0.25) is 9.78 Å². The van der Waals surface area contributed by atoms with Crippen molar-refractivity contribution in [2.24, 2.45) is 11.7 Å². The van der Waals surface area contributed by atoms with Crippen LogP contribution in [-0.4, -0.2) is 23.0 Å². The van der Waals surface area contributed by atoms with E-state index < -0.39 is 0 Å². The molecular weight excluding hydrogens is 250 g/mol. The van der Waals surface area contributed by atoms with Gasteiger partial charge in [0, 0.05) is 29.9 Å². The molecule has 1 aromatic heterocycles. The number of fused-ring (bicyclic) bond motifs is 1. The maximum Gasteiger partial charge on any atom is 0.220 e. The highest BCUT2D eigenvalue weighted by Crippen LogP contribution is 2.27. The van der Waals surface area contributed by atoms with E-state index >= 15 is 0 Å². The molecular formula is C16H23N3O. The van der Waals surface area contributed by atoms with E-state index in [4.69, 9.17) is 5.73 Å². The van der Waals surface area contributed by atoms with Gasteiger partial charge in [0.25, 0.3) is 0 Å². The van der Waals surface area contributed by atoms with Gasteiger partial charge in [0.2, 0.25) is 5.91 Å². The van der Waals surface area contributed by atoms with Crippen molar-refractivity contribution >= 4 is 5.91 Å². The first-order valence-electron chi connectivity index (χ1n) is 7.70. The number of primary amides is 1. The summed E-state index contributed by atoms with van der Waals surface area (Å²) < 4.78 is 0. The lowest BCUT2D eigenvalue weighted by atomic mass is 10.0. The molecule has 3 atom stereocenters. The minimum absolute atomic E-state index is 0.0807. The molecule has 2 aliphatic rings. The molecule has 3 N–H and O–H groups in total. The van der Waals surface area contributed by atoms with Gasteiger partial charge in [-0.2, -0.15) is 0 Å². The molecule has 20 heavy (non-hydrogen) atoms. The predicted octanol–water partition coefficient (Wildman–Crippen LogP) is 1.57. The first kappa shape index (κ1) is 13.6. The third-order valence-electron chi connectivity index (χ3n) is 4.78. The van der Waals surface area contributed by atoms with Crippen LogP contribution >= 0.6 is 0 Å². The number of aryl methyl sites for hydroxylation is 2. The highest BCUT2D eigenvalue weighted by atomic mass is 16.1. The Morgan fingerprint density at radius 1 is 1.20 bits per heavy atom. The zero-order valence-corrected chi connectivity index (χ0v) is 11.8. The highest BCUT2D eigenvalue weighted by Gasteiger charge is 2.30. The number of carbonyl (C=O) groups is 1. The Labute approximate surface area is 120 Å². The average Bonchev–Trinajstić information content (AvgIpc) is 2.82. The van der Waals surface area contributed by atoms with Crippen LogP contribution in [0.25, 0.3) is 0 Å². The van der Waals surface area contributed by atoms with Gasteiger partial charge in [-0.1, -0.05) is 6.07 Å². The number of carbonyl (C=O) groups excluding carboxylic acids is 1. The average molecular weight is 273 g/mol. The van der Waals surface area contributed by atoms with Crippen molar-refractivity contribution in [1.29, 1.82) is 0 Å². The quantitative estimate of drug-likeness (QED) is 0.821. The normalized spacial score (nSPS) is 29.7. The third-order valence-corrected chi connectivity index (χ3v) is 4.78. The standard InChI is InChI=1S/C16H23N3O/c17-16(20)12-4-6-14(10-12)19-13-5-3-11-2-1-9-18-15(11)8-7-13/h1-2,9,12-14,19H,3-8,10H2,(H2,17,20)/t12-,13?,14+/m1/s1. The lowest BCUT2D eigenvalue weighted by Crippen LogP contribution is -2.37. The van der Waals surface area contributed by atoms with Gasteiger partial charge in [-0.05, 0) is 56.6 Å². The molecule has 1 fully saturated rings. The molecule has 0 bridgehead atoms. The van der Waals surface area contributed by atoms with E-state index in [9.17, 15) is 4.79 Å². The molecule has 0 aliphatic heterocycles. The highest BCUT2D eigenvalue weighted by molar-refractivity contribution is 5.77. The second kappa shape index (κ2) is 5.92. The van der Waals surface area contributed by atoms with Crippen molar-refractivity contribution < 1.29 is 4.79 Å². The summed E-state index contributed by atoms with van der Waals surface area (Å²) in [6.45, 7) is 0. The van der Waals surface area contributed by atoms with Crippen LogP contribution in [0.15, 0.2) is 18.3 Å². The number of nitrogens with zero attached hydrogens (tertiary/aromatic N) is 1. The van der Waals surface area contributed by atoms with E-state index in [1.54, 1.807) is 0 Å². The molecule has 1 saturated carbocycles. The Balaban J connectivity index is 1.55. The molecule has 4 nitrogen and oxygen atoms in total. The van der Waals surface area contributed by atoms with Crippen LogP contribution < -0.4 is 11.1 Å². The molecule has 0 saturated heterocycles. The minimum Gasteiger partial charge on any atom is -0.369 e. The first-order valence-corrected chi connectivity index (χ1v) is 7.70. The molecule has 1 amide bonds. The van der Waals surface area contributed by atoms with Crippen LogP contribution in [0.3, 0.4) is 0 Å². The third kappa shape index (κ3) is 3.01. The van der Waals surface area contributed by atoms with E-state index in [1.807, 2.05) is 12.3 Å². The number of nitrogens with two attached hydrogens (primary N) is 1. The maximum absolute atomic E-state index is 11.2.